The topological polar surface area (TPSA) is 40.0 Å². The first-order valence-electron chi connectivity index (χ1n) is 9.30. The van der Waals surface area contributed by atoms with Crippen LogP contribution in [0.2, 0.25) is 5.02 Å². The minimum atomic E-state index is 0.192. The Kier molecular flexibility index (Phi) is 10.2. The molecule has 0 fully saturated rings. The Balaban J connectivity index is 1.79. The van der Waals surface area contributed by atoms with E-state index in [1.54, 1.807) is 12.3 Å². The van der Waals surface area contributed by atoms with E-state index in [9.17, 15) is 0 Å². The molecule has 0 spiro atoms. The summed E-state index contributed by atoms with van der Waals surface area (Å²) in [4.78, 5) is 5.28. The van der Waals surface area contributed by atoms with E-state index in [0.717, 1.165) is 41.0 Å². The van der Waals surface area contributed by atoms with Gasteiger partial charge in [-0.05, 0) is 60.4 Å². The molecule has 0 unspecified atom stereocenters. The summed E-state index contributed by atoms with van der Waals surface area (Å²) in [6.45, 7) is 5.40. The molecule has 0 atom stereocenters. The maximum absolute atomic E-state index is 5.98. The van der Waals surface area contributed by atoms with Gasteiger partial charge in [0, 0.05) is 11.4 Å². The number of ether oxygens (including phenoxy) is 2. The van der Waals surface area contributed by atoms with Crippen LogP contribution in [0.1, 0.15) is 30.0 Å². The molecule has 29 heavy (non-hydrogen) atoms. The first-order chi connectivity index (χ1) is 14.0. The van der Waals surface area contributed by atoms with Gasteiger partial charge in [-0.15, -0.1) is 0 Å². The fourth-order valence-corrected chi connectivity index (χ4v) is 2.81. The molecule has 0 aliphatic rings. The third-order valence-electron chi connectivity index (χ3n) is 3.97. The maximum atomic E-state index is 5.98. The van der Waals surface area contributed by atoms with Gasteiger partial charge in [0.05, 0.1) is 12.8 Å². The molecule has 0 aliphatic carbocycles. The van der Waals surface area contributed by atoms with Crippen LogP contribution in [0.15, 0.2) is 52.1 Å². The van der Waals surface area contributed by atoms with Gasteiger partial charge >= 0.3 is 0 Å². The fraction of sp³-hybridized carbons (Fsp3) is 0.318. The number of nitrogens with zero attached hydrogens (tertiary/aromatic N) is 1. The number of oxime groups is 1. The Morgan fingerprint density at radius 3 is 2.52 bits per heavy atom. The summed E-state index contributed by atoms with van der Waals surface area (Å²) in [5, 5.41) is 4.65. The second-order valence-electron chi connectivity index (χ2n) is 6.21. The van der Waals surface area contributed by atoms with Gasteiger partial charge in [0.1, 0.15) is 29.2 Å². The summed E-state index contributed by atoms with van der Waals surface area (Å²) in [5.41, 5.74) is 3.03. The number of benzene rings is 2. The highest BCUT2D eigenvalue weighted by Gasteiger charge is 2.09. The predicted octanol–water partition coefficient (Wildman–Crippen LogP) is 6.73. The second-order valence-corrected chi connectivity index (χ2v) is 7.65. The minimum absolute atomic E-state index is 0.192. The number of halogens is 3. The molecule has 2 aromatic rings. The first kappa shape index (κ1) is 23.4. The van der Waals surface area contributed by atoms with E-state index in [1.165, 1.54) is 0 Å². The fourth-order valence-electron chi connectivity index (χ4n) is 2.56. The van der Waals surface area contributed by atoms with Crippen LogP contribution in [0, 0.1) is 6.92 Å². The molecule has 4 nitrogen and oxygen atoms in total. The molecular formula is C22H24Cl3NO3. The lowest BCUT2D eigenvalue weighted by atomic mass is 10.1. The molecule has 0 radical (unpaired) electrons. The number of hydrogen-bond donors (Lipinski definition) is 0. The normalized spacial score (nSPS) is 10.8. The van der Waals surface area contributed by atoms with Crippen molar-refractivity contribution >= 4 is 41.0 Å². The molecule has 0 N–H and O–H groups in total. The van der Waals surface area contributed by atoms with Crippen LogP contribution in [-0.2, 0) is 11.3 Å². The first-order valence-corrected chi connectivity index (χ1v) is 10.4. The molecule has 7 heteroatoms. The van der Waals surface area contributed by atoms with Crippen molar-refractivity contribution < 1.29 is 14.3 Å². The Hall–Kier alpha value is -1.88. The van der Waals surface area contributed by atoms with Gasteiger partial charge in [-0.1, -0.05) is 59.0 Å². The highest BCUT2D eigenvalue weighted by molar-refractivity contribution is 6.55. The Morgan fingerprint density at radius 2 is 1.83 bits per heavy atom. The van der Waals surface area contributed by atoms with Crippen molar-refractivity contribution in [2.45, 2.75) is 26.7 Å². The average molecular weight is 457 g/mol. The van der Waals surface area contributed by atoms with Crippen LogP contribution in [0.3, 0.4) is 0 Å². The highest BCUT2D eigenvalue weighted by atomic mass is 35.5. The van der Waals surface area contributed by atoms with Crippen LogP contribution in [0.4, 0.5) is 0 Å². The molecule has 2 rings (SSSR count). The third-order valence-corrected chi connectivity index (χ3v) is 4.53. The SMILES string of the molecule is CCc1cc(OCC=C(Cl)Cl)cc(C)c1OCCCO/N=C/c1ccc(Cl)cc1. The molecule has 0 aliphatic heterocycles. The van der Waals surface area contributed by atoms with Gasteiger partial charge in [0.15, 0.2) is 0 Å². The number of aryl methyl sites for hydroxylation is 2. The van der Waals surface area contributed by atoms with Crippen molar-refractivity contribution in [1.82, 2.24) is 0 Å². The summed E-state index contributed by atoms with van der Waals surface area (Å²) in [6.07, 6.45) is 4.81. The van der Waals surface area contributed by atoms with Crippen LogP contribution in [0.5, 0.6) is 11.5 Å². The zero-order valence-corrected chi connectivity index (χ0v) is 18.7. The molecule has 0 bridgehead atoms. The lowest BCUT2D eigenvalue weighted by Crippen LogP contribution is -2.05. The van der Waals surface area contributed by atoms with Crippen molar-refractivity contribution in [3.63, 3.8) is 0 Å². The molecule has 0 aromatic heterocycles. The van der Waals surface area contributed by atoms with Crippen molar-refractivity contribution in [3.05, 3.63) is 68.7 Å². The van der Waals surface area contributed by atoms with E-state index < -0.39 is 0 Å². The maximum Gasteiger partial charge on any atom is 0.125 e. The molecule has 0 heterocycles. The van der Waals surface area contributed by atoms with Gasteiger partial charge in [-0.25, -0.2) is 0 Å². The predicted molar refractivity (Wildman–Crippen MR) is 121 cm³/mol. The monoisotopic (exact) mass is 455 g/mol. The smallest absolute Gasteiger partial charge is 0.125 e. The van der Waals surface area contributed by atoms with Crippen LogP contribution in [-0.4, -0.2) is 26.0 Å². The van der Waals surface area contributed by atoms with Crippen molar-refractivity contribution in [1.29, 1.82) is 0 Å². The summed E-state index contributed by atoms with van der Waals surface area (Å²) < 4.78 is 11.8. The van der Waals surface area contributed by atoms with E-state index in [1.807, 2.05) is 43.3 Å². The standard InChI is InChI=1S/C22H24Cl3NO3/c1-3-18-14-20(27-12-9-21(24)25)13-16(2)22(18)28-10-4-11-29-26-15-17-5-7-19(23)8-6-17/h5-9,13-15H,3-4,10-12H2,1-2H3/b26-15+. The zero-order chi connectivity index (χ0) is 21.1. The quantitative estimate of drug-likeness (QED) is 0.214. The lowest BCUT2D eigenvalue weighted by Gasteiger charge is -2.15. The van der Waals surface area contributed by atoms with Gasteiger partial charge in [-0.2, -0.15) is 0 Å². The Morgan fingerprint density at radius 1 is 1.07 bits per heavy atom. The lowest BCUT2D eigenvalue weighted by molar-refractivity contribution is 0.128. The van der Waals surface area contributed by atoms with E-state index >= 15 is 0 Å². The van der Waals surface area contributed by atoms with E-state index in [-0.39, 0.29) is 4.49 Å². The molecule has 2 aromatic carbocycles. The summed E-state index contributed by atoms with van der Waals surface area (Å²) in [7, 11) is 0. The van der Waals surface area contributed by atoms with E-state index in [0.29, 0.717) is 24.8 Å². The number of hydrogen-bond acceptors (Lipinski definition) is 4. The van der Waals surface area contributed by atoms with Crippen molar-refractivity contribution in [3.8, 4) is 11.5 Å². The van der Waals surface area contributed by atoms with E-state index in [4.69, 9.17) is 49.1 Å². The average Bonchev–Trinajstić information content (AvgIpc) is 2.69. The summed E-state index contributed by atoms with van der Waals surface area (Å²) in [6, 6.07) is 11.3. The van der Waals surface area contributed by atoms with Gasteiger partial charge < -0.3 is 14.3 Å². The Labute approximate surface area is 187 Å². The largest absolute Gasteiger partial charge is 0.493 e. The van der Waals surface area contributed by atoms with Gasteiger partial charge in [0.25, 0.3) is 0 Å². The van der Waals surface area contributed by atoms with Crippen LogP contribution >= 0.6 is 34.8 Å². The molecule has 156 valence electrons. The zero-order valence-electron chi connectivity index (χ0n) is 16.5. The molecular weight excluding hydrogens is 433 g/mol. The molecule has 0 saturated heterocycles. The van der Waals surface area contributed by atoms with Gasteiger partial charge in [0.2, 0.25) is 0 Å². The van der Waals surface area contributed by atoms with Crippen molar-refractivity contribution in [2.24, 2.45) is 5.16 Å². The van der Waals surface area contributed by atoms with Gasteiger partial charge in [-0.3, -0.25) is 0 Å². The van der Waals surface area contributed by atoms with Crippen LogP contribution < -0.4 is 9.47 Å². The third kappa shape index (κ3) is 8.57. The number of rotatable bonds is 11. The molecule has 0 amide bonds. The second kappa shape index (κ2) is 12.6. The Bertz CT molecular complexity index is 832. The van der Waals surface area contributed by atoms with Crippen molar-refractivity contribution in [2.75, 3.05) is 19.8 Å². The van der Waals surface area contributed by atoms with E-state index in [2.05, 4.69) is 12.1 Å². The molecule has 0 saturated carbocycles. The summed E-state index contributed by atoms with van der Waals surface area (Å²) >= 11 is 17.0. The highest BCUT2D eigenvalue weighted by Crippen LogP contribution is 2.30. The minimum Gasteiger partial charge on any atom is -0.493 e. The van der Waals surface area contributed by atoms with Crippen LogP contribution in [0.25, 0.3) is 0 Å². The summed E-state index contributed by atoms with van der Waals surface area (Å²) in [5.74, 6) is 1.65.